The number of aryl methyl sites for hydroxylation is 1. The molecule has 0 bridgehead atoms. The van der Waals surface area contributed by atoms with Crippen LogP contribution in [0.1, 0.15) is 22.3 Å². The fourth-order valence-corrected chi connectivity index (χ4v) is 3.35. The van der Waals surface area contributed by atoms with E-state index in [0.717, 1.165) is 11.3 Å². The van der Waals surface area contributed by atoms with Gasteiger partial charge in [0.2, 0.25) is 0 Å². The summed E-state index contributed by atoms with van der Waals surface area (Å²) in [4.78, 5) is 29.1. The summed E-state index contributed by atoms with van der Waals surface area (Å²) in [6.45, 7) is 3.09. The van der Waals surface area contributed by atoms with E-state index in [1.807, 2.05) is 0 Å². The molecule has 0 saturated heterocycles. The zero-order valence-corrected chi connectivity index (χ0v) is 16.3. The lowest BCUT2D eigenvalue weighted by molar-refractivity contribution is -0.128. The van der Waals surface area contributed by atoms with Crippen molar-refractivity contribution in [2.45, 2.75) is 20.0 Å². The second kappa shape index (κ2) is 8.78. The van der Waals surface area contributed by atoms with Gasteiger partial charge in [-0.3, -0.25) is 20.4 Å². The Morgan fingerprint density at radius 3 is 2.45 bits per heavy atom. The number of para-hydroxylation sites is 1. The van der Waals surface area contributed by atoms with E-state index in [-0.39, 0.29) is 11.6 Å². The molecule has 0 spiro atoms. The Kier molecular flexibility index (Phi) is 6.18. The number of hydrogen-bond acceptors (Lipinski definition) is 5. The summed E-state index contributed by atoms with van der Waals surface area (Å²) >= 11 is 1.11. The van der Waals surface area contributed by atoms with Crippen LogP contribution in [0.4, 0.5) is 8.78 Å². The van der Waals surface area contributed by atoms with Crippen LogP contribution in [0.15, 0.2) is 48.5 Å². The summed E-state index contributed by atoms with van der Waals surface area (Å²) < 4.78 is 31.9. The molecule has 0 aliphatic carbocycles. The molecule has 1 unspecified atom stereocenters. The van der Waals surface area contributed by atoms with Gasteiger partial charge in [0.1, 0.15) is 15.7 Å². The van der Waals surface area contributed by atoms with Crippen LogP contribution in [0.25, 0.3) is 10.6 Å². The SMILES string of the molecule is Cc1nc(-c2ccc(F)cc2)sc1C(=O)NNC(=O)C(C)Oc1ccccc1F. The lowest BCUT2D eigenvalue weighted by atomic mass is 10.2. The molecule has 3 aromatic rings. The van der Waals surface area contributed by atoms with Crippen LogP contribution in [-0.2, 0) is 4.79 Å². The average molecular weight is 417 g/mol. The maximum atomic E-state index is 13.6. The molecule has 2 amide bonds. The Labute approximate surface area is 169 Å². The highest BCUT2D eigenvalue weighted by Crippen LogP contribution is 2.28. The number of nitrogens with zero attached hydrogens (tertiary/aromatic N) is 1. The zero-order chi connectivity index (χ0) is 21.0. The summed E-state index contributed by atoms with van der Waals surface area (Å²) in [5, 5.41) is 0.551. The molecule has 1 heterocycles. The fraction of sp³-hybridized carbons (Fsp3) is 0.150. The number of thiazole rings is 1. The Balaban J connectivity index is 1.61. The number of ether oxygens (including phenoxy) is 1. The van der Waals surface area contributed by atoms with Crippen molar-refractivity contribution in [3.8, 4) is 16.3 Å². The number of carbonyl (C=O) groups excluding carboxylic acids is 2. The third-order valence-electron chi connectivity index (χ3n) is 3.90. The van der Waals surface area contributed by atoms with E-state index in [4.69, 9.17) is 4.74 Å². The highest BCUT2D eigenvalue weighted by molar-refractivity contribution is 7.17. The molecule has 1 aromatic heterocycles. The Morgan fingerprint density at radius 1 is 1.07 bits per heavy atom. The molecule has 29 heavy (non-hydrogen) atoms. The number of aromatic nitrogens is 1. The Bertz CT molecular complexity index is 1040. The van der Waals surface area contributed by atoms with Crippen molar-refractivity contribution < 1.29 is 23.1 Å². The molecule has 0 saturated carbocycles. The van der Waals surface area contributed by atoms with Crippen LogP contribution in [0.5, 0.6) is 5.75 Å². The second-order valence-corrected chi connectivity index (χ2v) is 7.07. The van der Waals surface area contributed by atoms with E-state index >= 15 is 0 Å². The van der Waals surface area contributed by atoms with Gasteiger partial charge in [0.05, 0.1) is 5.69 Å². The largest absolute Gasteiger partial charge is 0.478 e. The van der Waals surface area contributed by atoms with Gasteiger partial charge in [0.25, 0.3) is 11.8 Å². The number of hydrogen-bond donors (Lipinski definition) is 2. The third kappa shape index (κ3) is 4.94. The van der Waals surface area contributed by atoms with Gasteiger partial charge in [-0.25, -0.2) is 13.8 Å². The fourth-order valence-electron chi connectivity index (χ4n) is 2.38. The summed E-state index contributed by atoms with van der Waals surface area (Å²) in [5.74, 6) is -2.23. The minimum atomic E-state index is -1.04. The van der Waals surface area contributed by atoms with Gasteiger partial charge >= 0.3 is 0 Å². The molecule has 0 aliphatic rings. The number of benzene rings is 2. The molecule has 0 fully saturated rings. The summed E-state index contributed by atoms with van der Waals surface area (Å²) in [6.07, 6.45) is -1.04. The summed E-state index contributed by atoms with van der Waals surface area (Å²) in [6, 6.07) is 11.5. The van der Waals surface area contributed by atoms with Crippen molar-refractivity contribution in [3.63, 3.8) is 0 Å². The molecule has 0 aliphatic heterocycles. The molecule has 3 rings (SSSR count). The predicted molar refractivity (Wildman–Crippen MR) is 104 cm³/mol. The maximum Gasteiger partial charge on any atom is 0.281 e. The summed E-state index contributed by atoms with van der Waals surface area (Å²) in [7, 11) is 0. The van der Waals surface area contributed by atoms with E-state index in [0.29, 0.717) is 21.1 Å². The summed E-state index contributed by atoms with van der Waals surface area (Å²) in [5.41, 5.74) is 5.69. The molecular weight excluding hydrogens is 400 g/mol. The first kappa shape index (κ1) is 20.4. The molecule has 6 nitrogen and oxygen atoms in total. The van der Waals surface area contributed by atoms with Crippen LogP contribution in [0, 0.1) is 18.6 Å². The van der Waals surface area contributed by atoms with Gasteiger partial charge in [-0.15, -0.1) is 11.3 Å². The average Bonchev–Trinajstić information content (AvgIpc) is 3.09. The Hall–Kier alpha value is -3.33. The number of amides is 2. The van der Waals surface area contributed by atoms with Crippen molar-refractivity contribution in [1.82, 2.24) is 15.8 Å². The van der Waals surface area contributed by atoms with Gasteiger partial charge < -0.3 is 4.74 Å². The molecule has 1 atom stereocenters. The zero-order valence-electron chi connectivity index (χ0n) is 15.5. The number of halogens is 2. The van der Waals surface area contributed by atoms with E-state index in [1.54, 1.807) is 25.1 Å². The predicted octanol–water partition coefficient (Wildman–Crippen LogP) is 3.63. The van der Waals surface area contributed by atoms with Gasteiger partial charge in [0, 0.05) is 5.56 Å². The first-order chi connectivity index (χ1) is 13.8. The number of nitrogens with one attached hydrogen (secondary N) is 2. The van der Waals surface area contributed by atoms with Gasteiger partial charge in [-0.05, 0) is 50.2 Å². The number of rotatable bonds is 5. The normalized spacial score (nSPS) is 11.6. The van der Waals surface area contributed by atoms with Crippen LogP contribution in [0.3, 0.4) is 0 Å². The molecular formula is C20H17F2N3O3S. The lowest BCUT2D eigenvalue weighted by Gasteiger charge is -2.15. The standard InChI is InChI=1S/C20H17F2N3O3S/c1-11-17(29-20(23-11)13-7-9-14(21)10-8-13)19(27)25-24-18(26)12(2)28-16-6-4-3-5-15(16)22/h3-10,12H,1-2H3,(H,24,26)(H,25,27). The van der Waals surface area contributed by atoms with E-state index < -0.39 is 23.7 Å². The minimum Gasteiger partial charge on any atom is -0.478 e. The van der Waals surface area contributed by atoms with Crippen LogP contribution in [0.2, 0.25) is 0 Å². The first-order valence-electron chi connectivity index (χ1n) is 8.60. The van der Waals surface area contributed by atoms with Crippen molar-refractivity contribution in [2.24, 2.45) is 0 Å². The molecule has 2 N–H and O–H groups in total. The molecule has 150 valence electrons. The first-order valence-corrected chi connectivity index (χ1v) is 9.41. The third-order valence-corrected chi connectivity index (χ3v) is 5.11. The quantitative estimate of drug-likeness (QED) is 0.622. The van der Waals surface area contributed by atoms with Crippen molar-refractivity contribution in [1.29, 1.82) is 0 Å². The van der Waals surface area contributed by atoms with E-state index in [2.05, 4.69) is 15.8 Å². The van der Waals surface area contributed by atoms with Gasteiger partial charge in [-0.1, -0.05) is 12.1 Å². The van der Waals surface area contributed by atoms with E-state index in [1.165, 1.54) is 37.3 Å². The van der Waals surface area contributed by atoms with Crippen LogP contribution >= 0.6 is 11.3 Å². The van der Waals surface area contributed by atoms with Crippen molar-refractivity contribution >= 4 is 23.2 Å². The Morgan fingerprint density at radius 2 is 1.76 bits per heavy atom. The number of carbonyl (C=O) groups is 2. The van der Waals surface area contributed by atoms with Crippen molar-refractivity contribution in [3.05, 3.63) is 70.7 Å². The van der Waals surface area contributed by atoms with Crippen molar-refractivity contribution in [2.75, 3.05) is 0 Å². The highest BCUT2D eigenvalue weighted by atomic mass is 32.1. The molecule has 2 aromatic carbocycles. The minimum absolute atomic E-state index is 0.0660. The van der Waals surface area contributed by atoms with Gasteiger partial charge in [-0.2, -0.15) is 0 Å². The maximum absolute atomic E-state index is 13.6. The second-order valence-electron chi connectivity index (χ2n) is 6.07. The monoisotopic (exact) mass is 417 g/mol. The lowest BCUT2D eigenvalue weighted by Crippen LogP contribution is -2.47. The van der Waals surface area contributed by atoms with Crippen LogP contribution < -0.4 is 15.6 Å². The molecule has 9 heteroatoms. The highest BCUT2D eigenvalue weighted by Gasteiger charge is 2.20. The van der Waals surface area contributed by atoms with Gasteiger partial charge in [0.15, 0.2) is 17.7 Å². The smallest absolute Gasteiger partial charge is 0.281 e. The topological polar surface area (TPSA) is 80.3 Å². The number of hydrazine groups is 1. The molecule has 0 radical (unpaired) electrons. The van der Waals surface area contributed by atoms with E-state index in [9.17, 15) is 18.4 Å². The van der Waals surface area contributed by atoms with Crippen LogP contribution in [-0.4, -0.2) is 22.9 Å².